The molecule has 0 aliphatic carbocycles. The lowest BCUT2D eigenvalue weighted by Crippen LogP contribution is -2.09. The summed E-state index contributed by atoms with van der Waals surface area (Å²) in [5, 5.41) is 18.9. The van der Waals surface area contributed by atoms with E-state index in [0.717, 1.165) is 26.4 Å². The van der Waals surface area contributed by atoms with Crippen LogP contribution in [0.1, 0.15) is 11.3 Å². The maximum absolute atomic E-state index is 11.2. The van der Waals surface area contributed by atoms with Gasteiger partial charge in [-0.3, -0.25) is 4.79 Å². The first-order chi connectivity index (χ1) is 11.5. The SMILES string of the molecule is Cc1c(Sc2ccc(C#N)cc2)c2c(N)cccc2n1CC(=O)O. The minimum Gasteiger partial charge on any atom is -0.480 e. The Hall–Kier alpha value is -2.91. The molecular formula is C18H15N3O2S. The van der Waals surface area contributed by atoms with Crippen molar-refractivity contribution in [1.29, 1.82) is 5.26 Å². The van der Waals surface area contributed by atoms with Crippen molar-refractivity contribution in [1.82, 2.24) is 4.57 Å². The summed E-state index contributed by atoms with van der Waals surface area (Å²) in [7, 11) is 0. The predicted octanol–water partition coefficient (Wildman–Crippen LogP) is 3.64. The first kappa shape index (κ1) is 16.0. The molecule has 1 heterocycles. The predicted molar refractivity (Wildman–Crippen MR) is 94.0 cm³/mol. The molecule has 0 aliphatic heterocycles. The molecule has 2 aromatic carbocycles. The van der Waals surface area contributed by atoms with Crippen LogP contribution in [0.15, 0.2) is 52.3 Å². The van der Waals surface area contributed by atoms with Crippen LogP contribution in [0.3, 0.4) is 0 Å². The zero-order valence-corrected chi connectivity index (χ0v) is 13.8. The molecular weight excluding hydrogens is 322 g/mol. The summed E-state index contributed by atoms with van der Waals surface area (Å²) in [5.74, 6) is -0.896. The molecule has 6 heteroatoms. The molecule has 1 aromatic heterocycles. The number of anilines is 1. The van der Waals surface area contributed by atoms with Gasteiger partial charge in [-0.1, -0.05) is 17.8 Å². The van der Waals surface area contributed by atoms with Crippen LogP contribution in [-0.2, 0) is 11.3 Å². The standard InChI is InChI=1S/C18H15N3O2S/c1-11-18(24-13-7-5-12(9-19)6-8-13)17-14(20)3-2-4-15(17)21(11)10-16(22)23/h2-8H,10,20H2,1H3,(H,22,23). The minimum absolute atomic E-state index is 0.111. The number of carboxylic acid groups (broad SMARTS) is 1. The fraction of sp³-hybridized carbons (Fsp3) is 0.111. The van der Waals surface area contributed by atoms with Gasteiger partial charge in [-0.2, -0.15) is 5.26 Å². The van der Waals surface area contributed by atoms with Gasteiger partial charge in [0.2, 0.25) is 0 Å². The first-order valence-corrected chi connectivity index (χ1v) is 8.10. The summed E-state index contributed by atoms with van der Waals surface area (Å²) in [6.45, 7) is 1.79. The second-order valence-electron chi connectivity index (χ2n) is 5.37. The Bertz CT molecular complexity index is 969. The molecule has 0 saturated carbocycles. The average Bonchev–Trinajstić information content (AvgIpc) is 2.82. The van der Waals surface area contributed by atoms with Crippen molar-refractivity contribution in [3.05, 3.63) is 53.7 Å². The number of nitriles is 1. The van der Waals surface area contributed by atoms with E-state index in [0.29, 0.717) is 11.3 Å². The van der Waals surface area contributed by atoms with E-state index in [2.05, 4.69) is 6.07 Å². The Kier molecular flexibility index (Phi) is 4.19. The van der Waals surface area contributed by atoms with Crippen molar-refractivity contribution in [2.45, 2.75) is 23.3 Å². The van der Waals surface area contributed by atoms with Crippen LogP contribution in [0.25, 0.3) is 10.9 Å². The van der Waals surface area contributed by atoms with Crippen molar-refractivity contribution in [2.75, 3.05) is 5.73 Å². The van der Waals surface area contributed by atoms with E-state index < -0.39 is 5.97 Å². The lowest BCUT2D eigenvalue weighted by Gasteiger charge is -2.05. The third-order valence-corrected chi connectivity index (χ3v) is 5.03. The maximum atomic E-state index is 11.2. The molecule has 3 aromatic rings. The van der Waals surface area contributed by atoms with Crippen LogP contribution < -0.4 is 5.73 Å². The van der Waals surface area contributed by atoms with Gasteiger partial charge in [-0.25, -0.2) is 0 Å². The average molecular weight is 337 g/mol. The maximum Gasteiger partial charge on any atom is 0.323 e. The van der Waals surface area contributed by atoms with Gasteiger partial charge in [0.1, 0.15) is 6.54 Å². The number of hydrogen-bond donors (Lipinski definition) is 2. The van der Waals surface area contributed by atoms with Crippen molar-refractivity contribution in [3.63, 3.8) is 0 Å². The number of aliphatic carboxylic acids is 1. The highest BCUT2D eigenvalue weighted by molar-refractivity contribution is 7.99. The molecule has 24 heavy (non-hydrogen) atoms. The second kappa shape index (κ2) is 6.30. The lowest BCUT2D eigenvalue weighted by molar-refractivity contribution is -0.137. The van der Waals surface area contributed by atoms with Gasteiger partial charge in [0.05, 0.1) is 17.1 Å². The van der Waals surface area contributed by atoms with Gasteiger partial charge in [0, 0.05) is 26.6 Å². The summed E-state index contributed by atoms with van der Waals surface area (Å²) in [5.41, 5.74) is 9.05. The van der Waals surface area contributed by atoms with Crippen LogP contribution >= 0.6 is 11.8 Å². The first-order valence-electron chi connectivity index (χ1n) is 7.28. The Labute approximate surface area is 143 Å². The number of hydrogen-bond acceptors (Lipinski definition) is 4. The van der Waals surface area contributed by atoms with E-state index in [9.17, 15) is 9.90 Å². The smallest absolute Gasteiger partial charge is 0.323 e. The van der Waals surface area contributed by atoms with E-state index in [1.165, 1.54) is 11.8 Å². The third kappa shape index (κ3) is 2.82. The van der Waals surface area contributed by atoms with Crippen LogP contribution in [0, 0.1) is 18.3 Å². The molecule has 0 bridgehead atoms. The Morgan fingerprint density at radius 3 is 2.62 bits per heavy atom. The Morgan fingerprint density at radius 1 is 1.29 bits per heavy atom. The number of nitrogens with two attached hydrogens (primary N) is 1. The molecule has 120 valence electrons. The van der Waals surface area contributed by atoms with Crippen molar-refractivity contribution in [2.24, 2.45) is 0 Å². The number of fused-ring (bicyclic) bond motifs is 1. The summed E-state index contributed by atoms with van der Waals surface area (Å²) in [6, 6.07) is 14.9. The van der Waals surface area contributed by atoms with E-state index in [-0.39, 0.29) is 6.54 Å². The van der Waals surface area contributed by atoms with E-state index >= 15 is 0 Å². The highest BCUT2D eigenvalue weighted by Crippen LogP contribution is 2.40. The normalized spacial score (nSPS) is 10.7. The molecule has 3 N–H and O–H groups in total. The van der Waals surface area contributed by atoms with Crippen LogP contribution in [0.4, 0.5) is 5.69 Å². The van der Waals surface area contributed by atoms with Crippen LogP contribution in [-0.4, -0.2) is 15.6 Å². The lowest BCUT2D eigenvalue weighted by atomic mass is 10.2. The van der Waals surface area contributed by atoms with Gasteiger partial charge < -0.3 is 15.4 Å². The molecule has 5 nitrogen and oxygen atoms in total. The van der Waals surface area contributed by atoms with E-state index in [4.69, 9.17) is 11.0 Å². The molecule has 0 fully saturated rings. The largest absolute Gasteiger partial charge is 0.480 e. The molecule has 0 spiro atoms. The Balaban J connectivity index is 2.14. The molecule has 0 atom stereocenters. The van der Waals surface area contributed by atoms with Gasteiger partial charge in [-0.15, -0.1) is 0 Å². The highest BCUT2D eigenvalue weighted by atomic mass is 32.2. The number of aromatic nitrogens is 1. The summed E-state index contributed by atoms with van der Waals surface area (Å²) in [6.07, 6.45) is 0. The second-order valence-corrected chi connectivity index (χ2v) is 6.46. The number of nitrogen functional groups attached to an aromatic ring is 1. The number of carboxylic acids is 1. The zero-order valence-electron chi connectivity index (χ0n) is 13.0. The third-order valence-electron chi connectivity index (χ3n) is 3.82. The summed E-state index contributed by atoms with van der Waals surface area (Å²) < 4.78 is 1.76. The van der Waals surface area contributed by atoms with Crippen LogP contribution in [0.5, 0.6) is 0 Å². The fourth-order valence-electron chi connectivity index (χ4n) is 2.69. The minimum atomic E-state index is -0.896. The Morgan fingerprint density at radius 2 is 2.00 bits per heavy atom. The van der Waals surface area contributed by atoms with Crippen molar-refractivity contribution < 1.29 is 9.90 Å². The van der Waals surface area contributed by atoms with Crippen molar-refractivity contribution in [3.8, 4) is 6.07 Å². The van der Waals surface area contributed by atoms with Gasteiger partial charge in [0.15, 0.2) is 0 Å². The monoisotopic (exact) mass is 337 g/mol. The van der Waals surface area contributed by atoms with E-state index in [1.54, 1.807) is 16.7 Å². The number of nitrogens with zero attached hydrogens (tertiary/aromatic N) is 2. The van der Waals surface area contributed by atoms with Crippen molar-refractivity contribution >= 4 is 34.3 Å². The highest BCUT2D eigenvalue weighted by Gasteiger charge is 2.18. The molecule has 0 saturated heterocycles. The molecule has 0 unspecified atom stereocenters. The van der Waals surface area contributed by atoms with E-state index in [1.807, 2.05) is 37.3 Å². The fourth-order valence-corrected chi connectivity index (χ4v) is 3.78. The topological polar surface area (TPSA) is 92.0 Å². The molecule has 0 aliphatic rings. The molecule has 3 rings (SSSR count). The number of benzene rings is 2. The van der Waals surface area contributed by atoms with Gasteiger partial charge in [0.25, 0.3) is 0 Å². The van der Waals surface area contributed by atoms with Crippen LogP contribution in [0.2, 0.25) is 0 Å². The number of carbonyl (C=O) groups is 1. The van der Waals surface area contributed by atoms with Gasteiger partial charge >= 0.3 is 5.97 Å². The van der Waals surface area contributed by atoms with Gasteiger partial charge in [-0.05, 0) is 43.3 Å². The number of rotatable bonds is 4. The summed E-state index contributed by atoms with van der Waals surface area (Å²) in [4.78, 5) is 13.1. The molecule has 0 radical (unpaired) electrons. The molecule has 0 amide bonds. The quantitative estimate of drug-likeness (QED) is 0.709. The zero-order chi connectivity index (χ0) is 17.3. The summed E-state index contributed by atoms with van der Waals surface area (Å²) >= 11 is 1.52.